The van der Waals surface area contributed by atoms with E-state index in [-0.39, 0.29) is 0 Å². The first-order valence-electron chi connectivity index (χ1n) is 4.60. The van der Waals surface area contributed by atoms with Crippen LogP contribution < -0.4 is 5.32 Å². The van der Waals surface area contributed by atoms with E-state index in [1.165, 1.54) is 0 Å². The van der Waals surface area contributed by atoms with E-state index in [9.17, 15) is 0 Å². The molecule has 4 heteroatoms. The van der Waals surface area contributed by atoms with Gasteiger partial charge in [-0.25, -0.2) is 4.98 Å². The molecular formula is C9H15N3O. The van der Waals surface area contributed by atoms with Gasteiger partial charge in [0.15, 0.2) is 0 Å². The van der Waals surface area contributed by atoms with Crippen LogP contribution in [0.2, 0.25) is 0 Å². The van der Waals surface area contributed by atoms with E-state index < -0.39 is 0 Å². The highest BCUT2D eigenvalue weighted by Gasteiger charge is 2.24. The Balaban J connectivity index is 2.14. The maximum Gasteiger partial charge on any atom is 0.212 e. The van der Waals surface area contributed by atoms with Gasteiger partial charge in [0.2, 0.25) is 5.89 Å². The number of nitrogens with zero attached hydrogens (tertiary/aromatic N) is 2. The van der Waals surface area contributed by atoms with Crippen molar-refractivity contribution in [2.24, 2.45) is 0 Å². The van der Waals surface area contributed by atoms with Gasteiger partial charge in [-0.2, -0.15) is 0 Å². The van der Waals surface area contributed by atoms with Crippen LogP contribution in [-0.4, -0.2) is 36.6 Å². The molecule has 0 saturated carbocycles. The van der Waals surface area contributed by atoms with Crippen molar-refractivity contribution < 1.29 is 4.42 Å². The minimum Gasteiger partial charge on any atom is -0.447 e. The van der Waals surface area contributed by atoms with E-state index in [0.29, 0.717) is 6.04 Å². The van der Waals surface area contributed by atoms with Gasteiger partial charge in [0.05, 0.1) is 11.7 Å². The highest BCUT2D eigenvalue weighted by Crippen LogP contribution is 2.19. The lowest BCUT2D eigenvalue weighted by Gasteiger charge is -2.30. The summed E-state index contributed by atoms with van der Waals surface area (Å²) in [7, 11) is 2.10. The Morgan fingerprint density at radius 1 is 1.69 bits per heavy atom. The highest BCUT2D eigenvalue weighted by atomic mass is 16.3. The van der Waals surface area contributed by atoms with Gasteiger partial charge >= 0.3 is 0 Å². The third kappa shape index (κ3) is 1.73. The number of piperazine rings is 1. The zero-order valence-corrected chi connectivity index (χ0v) is 8.08. The van der Waals surface area contributed by atoms with Crippen LogP contribution in [0.15, 0.2) is 10.7 Å². The molecule has 0 spiro atoms. The smallest absolute Gasteiger partial charge is 0.212 e. The Kier molecular flexibility index (Phi) is 2.33. The third-order valence-electron chi connectivity index (χ3n) is 2.43. The van der Waals surface area contributed by atoms with Gasteiger partial charge in [0.25, 0.3) is 0 Å². The molecule has 0 amide bonds. The molecule has 2 heterocycles. The number of nitrogens with one attached hydrogen (secondary N) is 1. The molecule has 2 rings (SSSR count). The number of hydrogen-bond acceptors (Lipinski definition) is 4. The van der Waals surface area contributed by atoms with E-state index in [1.807, 2.05) is 6.92 Å². The topological polar surface area (TPSA) is 41.3 Å². The van der Waals surface area contributed by atoms with Crippen LogP contribution in [0, 0.1) is 6.92 Å². The monoisotopic (exact) mass is 181 g/mol. The molecule has 1 N–H and O–H groups in total. The normalized spacial score (nSPS) is 24.9. The van der Waals surface area contributed by atoms with E-state index >= 15 is 0 Å². The first-order chi connectivity index (χ1) is 6.27. The van der Waals surface area contributed by atoms with Crippen molar-refractivity contribution in [2.45, 2.75) is 13.0 Å². The summed E-state index contributed by atoms with van der Waals surface area (Å²) in [5, 5.41) is 3.33. The first kappa shape index (κ1) is 8.72. The van der Waals surface area contributed by atoms with E-state index in [0.717, 1.165) is 31.2 Å². The molecule has 0 bridgehead atoms. The van der Waals surface area contributed by atoms with Crippen LogP contribution >= 0.6 is 0 Å². The Labute approximate surface area is 77.9 Å². The molecule has 1 aliphatic rings. The Bertz CT molecular complexity index is 284. The molecule has 1 atom stereocenters. The quantitative estimate of drug-likeness (QED) is 0.687. The third-order valence-corrected chi connectivity index (χ3v) is 2.43. The Morgan fingerprint density at radius 3 is 3.15 bits per heavy atom. The molecular weight excluding hydrogens is 166 g/mol. The van der Waals surface area contributed by atoms with Crippen molar-refractivity contribution in [1.29, 1.82) is 0 Å². The Morgan fingerprint density at radius 2 is 2.54 bits per heavy atom. The van der Waals surface area contributed by atoms with Crippen LogP contribution in [0.5, 0.6) is 0 Å². The summed E-state index contributed by atoms with van der Waals surface area (Å²) in [5.41, 5.74) is 0.953. The Hall–Kier alpha value is -0.870. The fourth-order valence-electron chi connectivity index (χ4n) is 1.61. The number of aryl methyl sites for hydroxylation is 1. The first-order valence-corrected chi connectivity index (χ1v) is 4.60. The molecule has 13 heavy (non-hydrogen) atoms. The van der Waals surface area contributed by atoms with Crippen molar-refractivity contribution in [2.75, 3.05) is 26.7 Å². The van der Waals surface area contributed by atoms with Crippen LogP contribution in [0.4, 0.5) is 0 Å². The molecule has 1 aromatic rings. The lowest BCUT2D eigenvalue weighted by atomic mass is 10.2. The predicted octanol–water partition coefficient (Wildman–Crippen LogP) is 0.559. The molecule has 4 nitrogen and oxygen atoms in total. The molecule has 0 aromatic carbocycles. The molecule has 1 saturated heterocycles. The maximum absolute atomic E-state index is 5.38. The minimum atomic E-state index is 0.294. The van der Waals surface area contributed by atoms with E-state index in [2.05, 4.69) is 22.2 Å². The summed E-state index contributed by atoms with van der Waals surface area (Å²) in [5.74, 6) is 0.826. The standard InChI is InChI=1S/C9H15N3O/c1-7-6-13-9(11-7)8-5-10-3-4-12(8)2/h6,8,10H,3-5H2,1-2H3. The fraction of sp³-hybridized carbons (Fsp3) is 0.667. The summed E-state index contributed by atoms with van der Waals surface area (Å²) in [6, 6.07) is 0.294. The van der Waals surface area contributed by atoms with Gasteiger partial charge in [0, 0.05) is 19.6 Å². The molecule has 0 aliphatic carbocycles. The number of oxazole rings is 1. The van der Waals surface area contributed by atoms with Crippen molar-refractivity contribution >= 4 is 0 Å². The summed E-state index contributed by atoms with van der Waals surface area (Å²) in [6.45, 7) is 4.97. The summed E-state index contributed by atoms with van der Waals surface area (Å²) >= 11 is 0. The zero-order chi connectivity index (χ0) is 9.26. The van der Waals surface area contributed by atoms with Crippen molar-refractivity contribution in [3.8, 4) is 0 Å². The number of hydrogen-bond donors (Lipinski definition) is 1. The van der Waals surface area contributed by atoms with Gasteiger partial charge in [-0.15, -0.1) is 0 Å². The molecule has 0 radical (unpaired) electrons. The van der Waals surface area contributed by atoms with Crippen molar-refractivity contribution in [3.63, 3.8) is 0 Å². The van der Waals surface area contributed by atoms with Crippen LogP contribution in [0.25, 0.3) is 0 Å². The molecule has 1 fully saturated rings. The van der Waals surface area contributed by atoms with Crippen LogP contribution in [0.3, 0.4) is 0 Å². The summed E-state index contributed by atoms with van der Waals surface area (Å²) < 4.78 is 5.38. The number of rotatable bonds is 1. The largest absolute Gasteiger partial charge is 0.447 e. The second kappa shape index (κ2) is 3.47. The van der Waals surface area contributed by atoms with Crippen LogP contribution in [0.1, 0.15) is 17.6 Å². The lowest BCUT2D eigenvalue weighted by molar-refractivity contribution is 0.173. The van der Waals surface area contributed by atoms with Crippen LogP contribution in [-0.2, 0) is 0 Å². The van der Waals surface area contributed by atoms with Gasteiger partial charge in [-0.3, -0.25) is 4.90 Å². The molecule has 72 valence electrons. The van der Waals surface area contributed by atoms with Crippen molar-refractivity contribution in [3.05, 3.63) is 17.8 Å². The molecule has 1 aliphatic heterocycles. The van der Waals surface area contributed by atoms with Gasteiger partial charge in [-0.1, -0.05) is 0 Å². The van der Waals surface area contributed by atoms with E-state index in [4.69, 9.17) is 4.42 Å². The summed E-state index contributed by atoms with van der Waals surface area (Å²) in [6.07, 6.45) is 1.71. The van der Waals surface area contributed by atoms with Gasteiger partial charge < -0.3 is 9.73 Å². The lowest BCUT2D eigenvalue weighted by Crippen LogP contribution is -2.43. The van der Waals surface area contributed by atoms with Gasteiger partial charge in [0.1, 0.15) is 6.26 Å². The fourth-order valence-corrected chi connectivity index (χ4v) is 1.61. The zero-order valence-electron chi connectivity index (χ0n) is 8.08. The second-order valence-corrected chi connectivity index (χ2v) is 3.53. The average Bonchev–Trinajstić information content (AvgIpc) is 2.53. The SMILES string of the molecule is Cc1coc(C2CNCCN2C)n1. The van der Waals surface area contributed by atoms with Crippen molar-refractivity contribution in [1.82, 2.24) is 15.2 Å². The molecule has 1 unspecified atom stereocenters. The number of aromatic nitrogens is 1. The highest BCUT2D eigenvalue weighted by molar-refractivity contribution is 4.99. The van der Waals surface area contributed by atoms with E-state index in [1.54, 1.807) is 6.26 Å². The average molecular weight is 181 g/mol. The summed E-state index contributed by atoms with van der Waals surface area (Å²) in [4.78, 5) is 6.60. The second-order valence-electron chi connectivity index (χ2n) is 3.53. The maximum atomic E-state index is 5.38. The predicted molar refractivity (Wildman–Crippen MR) is 49.5 cm³/mol. The molecule has 1 aromatic heterocycles. The van der Waals surface area contributed by atoms with Gasteiger partial charge in [-0.05, 0) is 14.0 Å². The number of likely N-dealkylation sites (N-methyl/N-ethyl adjacent to an activating group) is 1. The minimum absolute atomic E-state index is 0.294.